The molecule has 1 aliphatic heterocycles. The van der Waals surface area contributed by atoms with E-state index in [1.54, 1.807) is 31.6 Å². The van der Waals surface area contributed by atoms with Crippen molar-refractivity contribution in [3.05, 3.63) is 60.4 Å². The summed E-state index contributed by atoms with van der Waals surface area (Å²) in [5.74, 6) is 1.46. The Hall–Kier alpha value is -3.59. The summed E-state index contributed by atoms with van der Waals surface area (Å²) in [5, 5.41) is 0. The van der Waals surface area contributed by atoms with Crippen molar-refractivity contribution in [2.24, 2.45) is 0 Å². The Bertz CT molecular complexity index is 1080. The molecule has 4 rings (SSSR count). The lowest BCUT2D eigenvalue weighted by molar-refractivity contribution is 0.0790. The molecular weight excluding hydrogens is 420 g/mol. The van der Waals surface area contributed by atoms with E-state index in [1.807, 2.05) is 42.2 Å². The van der Waals surface area contributed by atoms with E-state index in [4.69, 9.17) is 14.5 Å². The molecule has 3 heterocycles. The van der Waals surface area contributed by atoms with E-state index in [1.165, 1.54) is 6.33 Å². The van der Waals surface area contributed by atoms with Crippen molar-refractivity contribution in [1.29, 1.82) is 0 Å². The first-order chi connectivity index (χ1) is 16.1. The number of aromatic nitrogens is 4. The molecule has 2 aromatic heterocycles. The first-order valence-corrected chi connectivity index (χ1v) is 10.9. The van der Waals surface area contributed by atoms with Gasteiger partial charge in [-0.25, -0.2) is 19.9 Å². The van der Waals surface area contributed by atoms with Crippen molar-refractivity contribution in [2.75, 3.05) is 52.4 Å². The Morgan fingerprint density at radius 1 is 1.12 bits per heavy atom. The van der Waals surface area contributed by atoms with Crippen molar-refractivity contribution >= 4 is 11.9 Å². The molecule has 1 unspecified atom stereocenters. The lowest BCUT2D eigenvalue weighted by Crippen LogP contribution is -2.28. The molecule has 1 aliphatic rings. The maximum Gasteiger partial charge on any atom is 0.253 e. The van der Waals surface area contributed by atoms with Crippen molar-refractivity contribution in [2.45, 2.75) is 12.3 Å². The molecule has 9 heteroatoms. The maximum atomic E-state index is 13.1. The summed E-state index contributed by atoms with van der Waals surface area (Å²) in [7, 11) is 5.46. The number of hydrogen-bond acceptors (Lipinski definition) is 8. The lowest BCUT2D eigenvalue weighted by atomic mass is 9.97. The van der Waals surface area contributed by atoms with Crippen LogP contribution in [0.4, 0.5) is 5.95 Å². The van der Waals surface area contributed by atoms with Gasteiger partial charge in [0, 0.05) is 75.5 Å². The van der Waals surface area contributed by atoms with Crippen LogP contribution < -0.4 is 9.64 Å². The Morgan fingerprint density at radius 3 is 2.58 bits per heavy atom. The molecule has 0 bridgehead atoms. The third kappa shape index (κ3) is 5.25. The van der Waals surface area contributed by atoms with Crippen LogP contribution in [0.5, 0.6) is 5.75 Å². The molecule has 1 saturated heterocycles. The number of rotatable bonds is 8. The van der Waals surface area contributed by atoms with Gasteiger partial charge in [0.15, 0.2) is 0 Å². The largest absolute Gasteiger partial charge is 0.491 e. The summed E-state index contributed by atoms with van der Waals surface area (Å²) in [5.41, 5.74) is 3.33. The van der Waals surface area contributed by atoms with E-state index in [9.17, 15) is 4.79 Å². The van der Waals surface area contributed by atoms with Gasteiger partial charge in [0.05, 0.1) is 12.3 Å². The number of hydrogen-bond donors (Lipinski definition) is 0. The highest BCUT2D eigenvalue weighted by molar-refractivity contribution is 5.94. The molecule has 0 aliphatic carbocycles. The van der Waals surface area contributed by atoms with Gasteiger partial charge in [0.1, 0.15) is 18.7 Å². The van der Waals surface area contributed by atoms with Gasteiger partial charge in [-0.15, -0.1) is 0 Å². The van der Waals surface area contributed by atoms with Crippen LogP contribution in [-0.2, 0) is 4.74 Å². The zero-order valence-electron chi connectivity index (χ0n) is 19.1. The van der Waals surface area contributed by atoms with E-state index in [0.717, 1.165) is 29.0 Å². The molecule has 9 nitrogen and oxygen atoms in total. The standard InChI is InChI=1S/C24H28N6O3/c1-29(2)24-27-14-21(19-12-25-16-26-13-19)22(28-24)18-8-9-30(15-18)23(31)17-4-6-20(7-5-17)33-11-10-32-3/h4-7,12-14,16,18H,8-11,15H2,1-3H3. The number of carbonyl (C=O) groups excluding carboxylic acids is 1. The first-order valence-electron chi connectivity index (χ1n) is 10.9. The number of anilines is 1. The van der Waals surface area contributed by atoms with Gasteiger partial charge in [-0.1, -0.05) is 0 Å². The molecule has 1 amide bonds. The fourth-order valence-electron chi connectivity index (χ4n) is 3.86. The molecule has 1 fully saturated rings. The van der Waals surface area contributed by atoms with Gasteiger partial charge in [-0.05, 0) is 30.7 Å². The number of carbonyl (C=O) groups is 1. The monoisotopic (exact) mass is 448 g/mol. The minimum atomic E-state index is 0.00688. The smallest absolute Gasteiger partial charge is 0.253 e. The Balaban J connectivity index is 1.51. The summed E-state index contributed by atoms with van der Waals surface area (Å²) in [6.07, 6.45) is 7.68. The van der Waals surface area contributed by atoms with Crippen LogP contribution in [0.25, 0.3) is 11.1 Å². The van der Waals surface area contributed by atoms with E-state index >= 15 is 0 Å². The highest BCUT2D eigenvalue weighted by Gasteiger charge is 2.31. The van der Waals surface area contributed by atoms with Crippen LogP contribution >= 0.6 is 0 Å². The second-order valence-electron chi connectivity index (χ2n) is 8.09. The second kappa shape index (κ2) is 10.4. The predicted octanol–water partition coefficient (Wildman–Crippen LogP) is 2.65. The molecule has 0 saturated carbocycles. The molecular formula is C24H28N6O3. The van der Waals surface area contributed by atoms with Crippen LogP contribution in [0, 0.1) is 0 Å². The number of ether oxygens (including phenoxy) is 2. The van der Waals surface area contributed by atoms with Crippen molar-refractivity contribution in [1.82, 2.24) is 24.8 Å². The minimum Gasteiger partial charge on any atom is -0.491 e. The van der Waals surface area contributed by atoms with Crippen LogP contribution in [0.15, 0.2) is 49.2 Å². The summed E-state index contributed by atoms with van der Waals surface area (Å²) in [6, 6.07) is 7.24. The van der Waals surface area contributed by atoms with Crippen LogP contribution in [0.2, 0.25) is 0 Å². The van der Waals surface area contributed by atoms with E-state index in [-0.39, 0.29) is 11.8 Å². The number of benzene rings is 1. The Labute approximate surface area is 193 Å². The maximum absolute atomic E-state index is 13.1. The lowest BCUT2D eigenvalue weighted by Gasteiger charge is -2.19. The zero-order chi connectivity index (χ0) is 23.2. The number of methoxy groups -OCH3 is 1. The second-order valence-corrected chi connectivity index (χ2v) is 8.09. The quantitative estimate of drug-likeness (QED) is 0.486. The SMILES string of the molecule is COCCOc1ccc(C(=O)N2CCC(c3nc(N(C)C)ncc3-c3cncnc3)C2)cc1. The van der Waals surface area contributed by atoms with Crippen molar-refractivity contribution < 1.29 is 14.3 Å². The predicted molar refractivity (Wildman–Crippen MR) is 124 cm³/mol. The fourth-order valence-corrected chi connectivity index (χ4v) is 3.86. The molecule has 3 aromatic rings. The summed E-state index contributed by atoms with van der Waals surface area (Å²) < 4.78 is 10.6. The van der Waals surface area contributed by atoms with Gasteiger partial charge in [0.25, 0.3) is 5.91 Å². The summed E-state index contributed by atoms with van der Waals surface area (Å²) >= 11 is 0. The highest BCUT2D eigenvalue weighted by atomic mass is 16.5. The first kappa shape index (κ1) is 22.6. The molecule has 0 radical (unpaired) electrons. The summed E-state index contributed by atoms with van der Waals surface area (Å²) in [4.78, 5) is 34.5. The molecule has 0 N–H and O–H groups in total. The average Bonchev–Trinajstić information content (AvgIpc) is 3.34. The van der Waals surface area contributed by atoms with E-state index in [2.05, 4.69) is 15.0 Å². The van der Waals surface area contributed by atoms with Crippen molar-refractivity contribution in [3.8, 4) is 16.9 Å². The minimum absolute atomic E-state index is 0.00688. The Morgan fingerprint density at radius 2 is 1.88 bits per heavy atom. The van der Waals surface area contributed by atoms with E-state index < -0.39 is 0 Å². The summed E-state index contributed by atoms with van der Waals surface area (Å²) in [6.45, 7) is 2.25. The normalized spacial score (nSPS) is 15.5. The van der Waals surface area contributed by atoms with Gasteiger partial charge in [0.2, 0.25) is 5.95 Å². The molecule has 1 aromatic carbocycles. The third-order valence-electron chi connectivity index (χ3n) is 5.60. The van der Waals surface area contributed by atoms with Gasteiger partial charge in [-0.2, -0.15) is 0 Å². The zero-order valence-corrected chi connectivity index (χ0v) is 19.1. The highest BCUT2D eigenvalue weighted by Crippen LogP contribution is 2.34. The Kier molecular flexibility index (Phi) is 7.09. The van der Waals surface area contributed by atoms with Gasteiger partial charge < -0.3 is 19.3 Å². The topological polar surface area (TPSA) is 93.6 Å². The van der Waals surface area contributed by atoms with Crippen LogP contribution in [-0.4, -0.2) is 78.3 Å². The van der Waals surface area contributed by atoms with Crippen LogP contribution in [0.1, 0.15) is 28.4 Å². The van der Waals surface area contributed by atoms with Gasteiger partial charge >= 0.3 is 0 Å². The number of amides is 1. The van der Waals surface area contributed by atoms with Crippen molar-refractivity contribution in [3.63, 3.8) is 0 Å². The van der Waals surface area contributed by atoms with Gasteiger partial charge in [-0.3, -0.25) is 4.79 Å². The third-order valence-corrected chi connectivity index (χ3v) is 5.60. The van der Waals surface area contributed by atoms with Crippen LogP contribution in [0.3, 0.4) is 0 Å². The fraction of sp³-hybridized carbons (Fsp3) is 0.375. The molecule has 1 atom stereocenters. The van der Waals surface area contributed by atoms with E-state index in [0.29, 0.717) is 37.8 Å². The molecule has 0 spiro atoms. The molecule has 33 heavy (non-hydrogen) atoms. The number of nitrogens with zero attached hydrogens (tertiary/aromatic N) is 6. The average molecular weight is 449 g/mol. The molecule has 172 valence electrons. The number of likely N-dealkylation sites (tertiary alicyclic amines) is 1.